The zero-order chi connectivity index (χ0) is 16.1. The fraction of sp³-hybridized carbons (Fsp3) is 0.412. The molecule has 0 radical (unpaired) electrons. The van der Waals surface area contributed by atoms with Gasteiger partial charge in [-0.25, -0.2) is 4.68 Å². The Labute approximate surface area is 136 Å². The average Bonchev–Trinajstić information content (AvgIpc) is 3.05. The van der Waals surface area contributed by atoms with Gasteiger partial charge in [-0.15, -0.1) is 0 Å². The number of carbonyl (C=O) groups excluding carboxylic acids is 1. The van der Waals surface area contributed by atoms with Gasteiger partial charge in [0.1, 0.15) is 0 Å². The number of nitrogens with one attached hydrogen (secondary N) is 2. The van der Waals surface area contributed by atoms with E-state index in [4.69, 9.17) is 0 Å². The van der Waals surface area contributed by atoms with Crippen LogP contribution in [-0.2, 0) is 11.3 Å². The topological polar surface area (TPSA) is 62.2 Å². The summed E-state index contributed by atoms with van der Waals surface area (Å²) in [4.78, 5) is 14.3. The highest BCUT2D eigenvalue weighted by Gasteiger charge is 2.19. The summed E-state index contributed by atoms with van der Waals surface area (Å²) in [5, 5.41) is 10.6. The summed E-state index contributed by atoms with van der Waals surface area (Å²) in [5.41, 5.74) is 2.01. The third kappa shape index (κ3) is 4.18. The van der Waals surface area contributed by atoms with Gasteiger partial charge in [-0.05, 0) is 19.1 Å². The number of piperazine rings is 1. The maximum absolute atomic E-state index is 12.1. The molecule has 1 aromatic heterocycles. The van der Waals surface area contributed by atoms with Crippen LogP contribution in [0.5, 0.6) is 0 Å². The van der Waals surface area contributed by atoms with Crippen LogP contribution >= 0.6 is 0 Å². The number of rotatable bonds is 5. The minimum atomic E-state index is 0.0613. The molecule has 1 aliphatic rings. The molecule has 6 heteroatoms. The second-order valence-electron chi connectivity index (χ2n) is 5.93. The zero-order valence-electron chi connectivity index (χ0n) is 13.4. The van der Waals surface area contributed by atoms with Crippen LogP contribution in [0.3, 0.4) is 0 Å². The lowest BCUT2D eigenvalue weighted by Gasteiger charge is -2.33. The lowest BCUT2D eigenvalue weighted by atomic mass is 10.2. The van der Waals surface area contributed by atoms with Crippen LogP contribution in [0.15, 0.2) is 42.7 Å². The number of hydrogen-bond donors (Lipinski definition) is 2. The standard InChI is InChI=1S/C17H23N5O/c1-14-9-18-7-8-21(14)13-17(23)19-10-15-11-20-22(12-15)16-5-3-2-4-6-16/h2-6,11-12,14,18H,7-10,13H2,1H3,(H,19,23)/t14-/m0/s1. The van der Waals surface area contributed by atoms with Crippen molar-refractivity contribution in [3.8, 4) is 5.69 Å². The summed E-state index contributed by atoms with van der Waals surface area (Å²) < 4.78 is 1.82. The molecule has 1 fully saturated rings. The Morgan fingerprint density at radius 2 is 2.22 bits per heavy atom. The predicted molar refractivity (Wildman–Crippen MR) is 89.3 cm³/mol. The molecule has 0 saturated carbocycles. The smallest absolute Gasteiger partial charge is 0.234 e. The van der Waals surface area contributed by atoms with Crippen molar-refractivity contribution < 1.29 is 4.79 Å². The first-order valence-corrected chi connectivity index (χ1v) is 8.03. The highest BCUT2D eigenvalue weighted by atomic mass is 16.2. The first-order chi connectivity index (χ1) is 11.2. The van der Waals surface area contributed by atoms with Crippen molar-refractivity contribution in [3.63, 3.8) is 0 Å². The second kappa shape index (κ2) is 7.39. The molecule has 1 aromatic carbocycles. The minimum absolute atomic E-state index is 0.0613. The number of nitrogens with zero attached hydrogens (tertiary/aromatic N) is 3. The zero-order valence-corrected chi connectivity index (χ0v) is 13.4. The minimum Gasteiger partial charge on any atom is -0.351 e. The number of para-hydroxylation sites is 1. The van der Waals surface area contributed by atoms with Crippen LogP contribution in [0.1, 0.15) is 12.5 Å². The van der Waals surface area contributed by atoms with Crippen molar-refractivity contribution in [2.75, 3.05) is 26.2 Å². The van der Waals surface area contributed by atoms with Gasteiger partial charge in [-0.1, -0.05) is 18.2 Å². The molecule has 0 aliphatic carbocycles. The van der Waals surface area contributed by atoms with E-state index in [0.29, 0.717) is 19.1 Å². The Hall–Kier alpha value is -2.18. The molecule has 0 spiro atoms. The molecule has 1 saturated heterocycles. The monoisotopic (exact) mass is 313 g/mol. The second-order valence-corrected chi connectivity index (χ2v) is 5.93. The average molecular weight is 313 g/mol. The molecule has 0 unspecified atom stereocenters. The SMILES string of the molecule is C[C@H]1CNCCN1CC(=O)NCc1cnn(-c2ccccc2)c1. The van der Waals surface area contributed by atoms with Gasteiger partial charge in [0.2, 0.25) is 5.91 Å². The van der Waals surface area contributed by atoms with E-state index in [-0.39, 0.29) is 5.91 Å². The maximum Gasteiger partial charge on any atom is 0.234 e. The van der Waals surface area contributed by atoms with Gasteiger partial charge < -0.3 is 10.6 Å². The van der Waals surface area contributed by atoms with E-state index < -0.39 is 0 Å². The molecule has 0 bridgehead atoms. The summed E-state index contributed by atoms with van der Waals surface area (Å²) in [6.07, 6.45) is 3.74. The Bertz CT molecular complexity index is 639. The fourth-order valence-corrected chi connectivity index (χ4v) is 2.73. The van der Waals surface area contributed by atoms with Gasteiger partial charge in [0.05, 0.1) is 18.4 Å². The van der Waals surface area contributed by atoms with Gasteiger partial charge >= 0.3 is 0 Å². The summed E-state index contributed by atoms with van der Waals surface area (Å²) in [5.74, 6) is 0.0613. The Morgan fingerprint density at radius 3 is 3.00 bits per heavy atom. The molecule has 2 N–H and O–H groups in total. The van der Waals surface area contributed by atoms with E-state index in [0.717, 1.165) is 30.9 Å². The van der Waals surface area contributed by atoms with Gasteiger partial charge in [0, 0.05) is 44.0 Å². The van der Waals surface area contributed by atoms with E-state index in [1.165, 1.54) is 0 Å². The van der Waals surface area contributed by atoms with Crippen molar-refractivity contribution in [2.45, 2.75) is 19.5 Å². The van der Waals surface area contributed by atoms with Crippen molar-refractivity contribution in [1.82, 2.24) is 25.3 Å². The third-order valence-electron chi connectivity index (χ3n) is 4.13. The summed E-state index contributed by atoms with van der Waals surface area (Å²) in [6.45, 7) is 5.91. The van der Waals surface area contributed by atoms with Crippen LogP contribution in [0, 0.1) is 0 Å². The van der Waals surface area contributed by atoms with E-state index in [1.807, 2.05) is 41.2 Å². The third-order valence-corrected chi connectivity index (χ3v) is 4.13. The van der Waals surface area contributed by atoms with Gasteiger partial charge in [-0.3, -0.25) is 9.69 Å². The first-order valence-electron chi connectivity index (χ1n) is 8.03. The highest BCUT2D eigenvalue weighted by Crippen LogP contribution is 2.07. The van der Waals surface area contributed by atoms with Gasteiger partial charge in [0.25, 0.3) is 0 Å². The van der Waals surface area contributed by atoms with Crippen LogP contribution in [0.2, 0.25) is 0 Å². The van der Waals surface area contributed by atoms with Gasteiger partial charge in [0.15, 0.2) is 0 Å². The van der Waals surface area contributed by atoms with Gasteiger partial charge in [-0.2, -0.15) is 5.10 Å². The molecule has 1 amide bonds. The quantitative estimate of drug-likeness (QED) is 0.856. The predicted octanol–water partition coefficient (Wildman–Crippen LogP) is 0.782. The molecule has 23 heavy (non-hydrogen) atoms. The molecule has 6 nitrogen and oxygen atoms in total. The normalized spacial score (nSPS) is 18.7. The van der Waals surface area contributed by atoms with Crippen molar-refractivity contribution in [1.29, 1.82) is 0 Å². The highest BCUT2D eigenvalue weighted by molar-refractivity contribution is 5.78. The van der Waals surface area contributed by atoms with Crippen molar-refractivity contribution in [2.24, 2.45) is 0 Å². The fourth-order valence-electron chi connectivity index (χ4n) is 2.73. The Balaban J connectivity index is 1.50. The lowest BCUT2D eigenvalue weighted by Crippen LogP contribution is -2.52. The van der Waals surface area contributed by atoms with E-state index in [2.05, 4.69) is 27.6 Å². The van der Waals surface area contributed by atoms with Crippen LogP contribution < -0.4 is 10.6 Å². The Morgan fingerprint density at radius 1 is 1.39 bits per heavy atom. The summed E-state index contributed by atoms with van der Waals surface area (Å²) in [6, 6.07) is 10.3. The molecule has 122 valence electrons. The van der Waals surface area contributed by atoms with Crippen molar-refractivity contribution >= 4 is 5.91 Å². The van der Waals surface area contributed by atoms with E-state index in [9.17, 15) is 4.79 Å². The molecule has 2 aromatic rings. The molecular formula is C17H23N5O. The number of hydrogen-bond acceptors (Lipinski definition) is 4. The van der Waals surface area contributed by atoms with Crippen LogP contribution in [0.25, 0.3) is 5.69 Å². The van der Waals surface area contributed by atoms with Crippen LogP contribution in [-0.4, -0.2) is 52.8 Å². The number of carbonyl (C=O) groups is 1. The Kier molecular flexibility index (Phi) is 5.05. The van der Waals surface area contributed by atoms with Crippen LogP contribution in [0.4, 0.5) is 0 Å². The number of benzene rings is 1. The number of amides is 1. The molecule has 2 heterocycles. The molecule has 1 atom stereocenters. The maximum atomic E-state index is 12.1. The van der Waals surface area contributed by atoms with E-state index >= 15 is 0 Å². The van der Waals surface area contributed by atoms with E-state index in [1.54, 1.807) is 6.20 Å². The van der Waals surface area contributed by atoms with Crippen molar-refractivity contribution in [3.05, 3.63) is 48.3 Å². The molecule has 1 aliphatic heterocycles. The summed E-state index contributed by atoms with van der Waals surface area (Å²) >= 11 is 0. The first kappa shape index (κ1) is 15.7. The summed E-state index contributed by atoms with van der Waals surface area (Å²) in [7, 11) is 0. The molecule has 3 rings (SSSR count). The lowest BCUT2D eigenvalue weighted by molar-refractivity contribution is -0.123. The molecular weight excluding hydrogens is 290 g/mol. The number of aromatic nitrogens is 2. The largest absolute Gasteiger partial charge is 0.351 e.